The second-order valence-electron chi connectivity index (χ2n) is 4.45. The molecule has 6 heteroatoms. The molecule has 0 aliphatic heterocycles. The van der Waals surface area contributed by atoms with Crippen LogP contribution < -0.4 is 34.5 Å². The van der Waals surface area contributed by atoms with Gasteiger partial charge in [-0.05, 0) is 30.7 Å². The molecule has 2 rings (SSSR count). The second kappa shape index (κ2) is 7.96. The molecule has 0 N–H and O–H groups in total. The van der Waals surface area contributed by atoms with Gasteiger partial charge in [-0.3, -0.25) is 0 Å². The molecule has 4 nitrogen and oxygen atoms in total. The van der Waals surface area contributed by atoms with Crippen molar-refractivity contribution in [3.8, 4) is 0 Å². The second-order valence-corrected chi connectivity index (χ2v) is 5.83. The Morgan fingerprint density at radius 3 is 2.29 bits per heavy atom. The van der Waals surface area contributed by atoms with Crippen LogP contribution in [0.1, 0.15) is 12.5 Å². The molecule has 0 aliphatic carbocycles. The molecule has 21 heavy (non-hydrogen) atoms. The largest absolute Gasteiger partial charge is 1.00 e. The van der Waals surface area contributed by atoms with Gasteiger partial charge in [0.15, 0.2) is 0 Å². The smallest absolute Gasteiger partial charge is 0.744 e. The molecule has 0 aromatic heterocycles. The first-order valence-corrected chi connectivity index (χ1v) is 7.76. The van der Waals surface area contributed by atoms with Crippen LogP contribution in [-0.2, 0) is 16.7 Å². The van der Waals surface area contributed by atoms with E-state index in [1.54, 1.807) is 12.1 Å². The predicted molar refractivity (Wildman–Crippen MR) is 77.6 cm³/mol. The van der Waals surface area contributed by atoms with E-state index in [-0.39, 0.29) is 34.5 Å². The minimum atomic E-state index is -4.42. The molecule has 0 radical (unpaired) electrons. The zero-order chi connectivity index (χ0) is 14.6. The standard InChI is InChI=1S/C15H17NO3S.Na/c1-2-16(12-13-7-4-3-5-8-13)14-9-6-10-15(11-14)20(17,18)19;/h3-11H,2,12H2,1H3,(H,17,18,19);/q;+1/p-1. The van der Waals surface area contributed by atoms with E-state index in [1.165, 1.54) is 12.1 Å². The van der Waals surface area contributed by atoms with Crippen molar-refractivity contribution in [2.45, 2.75) is 18.4 Å². The molecule has 0 saturated carbocycles. The van der Waals surface area contributed by atoms with Gasteiger partial charge in [-0.2, -0.15) is 0 Å². The molecular weight excluding hydrogens is 297 g/mol. The summed E-state index contributed by atoms with van der Waals surface area (Å²) in [5, 5.41) is 0. The summed E-state index contributed by atoms with van der Waals surface area (Å²) >= 11 is 0. The van der Waals surface area contributed by atoms with Crippen LogP contribution in [0, 0.1) is 0 Å². The fourth-order valence-electron chi connectivity index (χ4n) is 2.03. The van der Waals surface area contributed by atoms with Gasteiger partial charge in [0.1, 0.15) is 10.1 Å². The molecule has 0 spiro atoms. The summed E-state index contributed by atoms with van der Waals surface area (Å²) in [7, 11) is -4.42. The Morgan fingerprint density at radius 1 is 1.05 bits per heavy atom. The zero-order valence-corrected chi connectivity index (χ0v) is 15.0. The van der Waals surface area contributed by atoms with Gasteiger partial charge in [0, 0.05) is 18.8 Å². The van der Waals surface area contributed by atoms with Gasteiger partial charge in [-0.25, -0.2) is 8.42 Å². The molecule has 0 amide bonds. The fraction of sp³-hybridized carbons (Fsp3) is 0.200. The summed E-state index contributed by atoms with van der Waals surface area (Å²) in [4.78, 5) is 1.82. The molecule has 2 aromatic rings. The first-order chi connectivity index (χ1) is 9.50. The van der Waals surface area contributed by atoms with E-state index in [1.807, 2.05) is 42.2 Å². The Morgan fingerprint density at radius 2 is 1.71 bits per heavy atom. The van der Waals surface area contributed by atoms with E-state index in [0.717, 1.165) is 17.8 Å². The van der Waals surface area contributed by atoms with Crippen molar-refractivity contribution in [3.05, 3.63) is 60.2 Å². The van der Waals surface area contributed by atoms with E-state index in [0.29, 0.717) is 6.54 Å². The average Bonchev–Trinajstić information content (AvgIpc) is 2.45. The van der Waals surface area contributed by atoms with Crippen LogP contribution in [-0.4, -0.2) is 19.5 Å². The van der Waals surface area contributed by atoms with E-state index < -0.39 is 10.1 Å². The van der Waals surface area contributed by atoms with Crippen LogP contribution in [0.4, 0.5) is 5.69 Å². The van der Waals surface area contributed by atoms with Gasteiger partial charge in [-0.1, -0.05) is 36.4 Å². The van der Waals surface area contributed by atoms with Gasteiger partial charge >= 0.3 is 29.6 Å². The van der Waals surface area contributed by atoms with Crippen molar-refractivity contribution in [1.82, 2.24) is 0 Å². The summed E-state index contributed by atoms with van der Waals surface area (Å²) in [6.07, 6.45) is 0. The molecule has 0 bridgehead atoms. The number of nitrogens with zero attached hydrogens (tertiary/aromatic N) is 1. The Labute approximate surface area is 147 Å². The molecule has 0 atom stereocenters. The van der Waals surface area contributed by atoms with E-state index in [9.17, 15) is 13.0 Å². The summed E-state index contributed by atoms with van der Waals surface area (Å²) in [5.41, 5.74) is 1.86. The Kier molecular flexibility index (Phi) is 6.90. The van der Waals surface area contributed by atoms with Crippen LogP contribution in [0.3, 0.4) is 0 Å². The van der Waals surface area contributed by atoms with Gasteiger partial charge in [-0.15, -0.1) is 0 Å². The van der Waals surface area contributed by atoms with Crippen molar-refractivity contribution >= 4 is 15.8 Å². The number of anilines is 1. The first-order valence-electron chi connectivity index (χ1n) is 6.35. The van der Waals surface area contributed by atoms with Crippen molar-refractivity contribution in [2.24, 2.45) is 0 Å². The Bertz CT molecular complexity index is 674. The SMILES string of the molecule is CCN(Cc1ccccc1)c1cccc(S(=O)(=O)[O-])c1.[Na+]. The number of hydrogen-bond acceptors (Lipinski definition) is 4. The molecular formula is C15H16NNaO3S. The van der Waals surface area contributed by atoms with Gasteiger partial charge in [0.25, 0.3) is 0 Å². The van der Waals surface area contributed by atoms with Gasteiger partial charge in [0.05, 0.1) is 4.90 Å². The summed E-state index contributed by atoms with van der Waals surface area (Å²) in [6, 6.07) is 16.0. The third-order valence-corrected chi connectivity index (χ3v) is 3.90. The molecule has 0 fully saturated rings. The average molecular weight is 313 g/mol. The number of rotatable bonds is 5. The van der Waals surface area contributed by atoms with Crippen LogP contribution in [0.2, 0.25) is 0 Å². The maximum Gasteiger partial charge on any atom is 1.00 e. The van der Waals surface area contributed by atoms with Crippen LogP contribution >= 0.6 is 0 Å². The van der Waals surface area contributed by atoms with Crippen LogP contribution in [0.25, 0.3) is 0 Å². The van der Waals surface area contributed by atoms with Crippen molar-refractivity contribution in [3.63, 3.8) is 0 Å². The van der Waals surface area contributed by atoms with E-state index >= 15 is 0 Å². The molecule has 2 aromatic carbocycles. The number of benzene rings is 2. The summed E-state index contributed by atoms with van der Waals surface area (Å²) in [6.45, 7) is 3.37. The Hall–Kier alpha value is -0.850. The molecule has 0 saturated heterocycles. The molecule has 0 unspecified atom stereocenters. The Balaban J connectivity index is 0.00000220. The molecule has 106 valence electrons. The topological polar surface area (TPSA) is 60.4 Å². The maximum absolute atomic E-state index is 11.1. The third kappa shape index (κ3) is 5.13. The summed E-state index contributed by atoms with van der Waals surface area (Å²) < 4.78 is 33.2. The number of hydrogen-bond donors (Lipinski definition) is 0. The van der Waals surface area contributed by atoms with E-state index in [2.05, 4.69) is 0 Å². The van der Waals surface area contributed by atoms with Crippen molar-refractivity contribution in [2.75, 3.05) is 11.4 Å². The van der Waals surface area contributed by atoms with Gasteiger partial charge < -0.3 is 9.45 Å². The normalized spacial score (nSPS) is 10.8. The van der Waals surface area contributed by atoms with Gasteiger partial charge in [0.2, 0.25) is 0 Å². The minimum absolute atomic E-state index is 0. The van der Waals surface area contributed by atoms with Crippen LogP contribution in [0.5, 0.6) is 0 Å². The maximum atomic E-state index is 11.1. The third-order valence-electron chi connectivity index (χ3n) is 3.07. The monoisotopic (exact) mass is 313 g/mol. The quantitative estimate of drug-likeness (QED) is 0.558. The first kappa shape index (κ1) is 18.2. The molecule has 0 aliphatic rings. The predicted octanol–water partition coefficient (Wildman–Crippen LogP) is -0.379. The minimum Gasteiger partial charge on any atom is -0.744 e. The van der Waals surface area contributed by atoms with E-state index in [4.69, 9.17) is 0 Å². The fourth-order valence-corrected chi connectivity index (χ4v) is 2.54. The zero-order valence-electron chi connectivity index (χ0n) is 12.2. The van der Waals surface area contributed by atoms with Crippen LogP contribution in [0.15, 0.2) is 59.5 Å². The van der Waals surface area contributed by atoms with Crippen molar-refractivity contribution < 1.29 is 42.5 Å². The summed E-state index contributed by atoms with van der Waals surface area (Å²) in [5.74, 6) is 0. The van der Waals surface area contributed by atoms with Crippen molar-refractivity contribution in [1.29, 1.82) is 0 Å². The molecule has 0 heterocycles.